The van der Waals surface area contributed by atoms with Crippen LogP contribution in [-0.4, -0.2) is 9.66 Å². The molecule has 124 valence electrons. The zero-order valence-electron chi connectivity index (χ0n) is 14.0. The van der Waals surface area contributed by atoms with E-state index in [2.05, 4.69) is 31.0 Å². The molecular weight excluding hydrogens is 322 g/mol. The zero-order valence-corrected chi connectivity index (χ0v) is 14.8. The molecule has 0 spiro atoms. The highest BCUT2D eigenvalue weighted by molar-refractivity contribution is 6.31. The fraction of sp³-hybridized carbons (Fsp3) is 0.263. The normalized spacial score (nSPS) is 11.4. The number of hydrogen-bond acceptors (Lipinski definition) is 3. The molecule has 0 unspecified atom stereocenters. The van der Waals surface area contributed by atoms with Crippen molar-refractivity contribution in [2.75, 3.05) is 5.84 Å². The van der Waals surface area contributed by atoms with Gasteiger partial charge in [-0.15, -0.1) is 0 Å². The zero-order chi connectivity index (χ0) is 17.4. The minimum atomic E-state index is -0.299. The maximum absolute atomic E-state index is 12.6. The van der Waals surface area contributed by atoms with E-state index in [1.807, 2.05) is 19.1 Å². The predicted octanol–water partition coefficient (Wildman–Crippen LogP) is 3.94. The summed E-state index contributed by atoms with van der Waals surface area (Å²) in [6.07, 6.45) is 1.01. The maximum atomic E-state index is 12.6. The molecule has 0 fully saturated rings. The van der Waals surface area contributed by atoms with E-state index in [4.69, 9.17) is 17.4 Å². The fourth-order valence-corrected chi connectivity index (χ4v) is 3.17. The van der Waals surface area contributed by atoms with E-state index in [9.17, 15) is 4.79 Å². The molecule has 3 rings (SSSR count). The fourth-order valence-electron chi connectivity index (χ4n) is 2.90. The Balaban J connectivity index is 2.16. The van der Waals surface area contributed by atoms with Crippen LogP contribution < -0.4 is 11.4 Å². The summed E-state index contributed by atoms with van der Waals surface area (Å²) >= 11 is 6.05. The van der Waals surface area contributed by atoms with Crippen LogP contribution in [0.5, 0.6) is 0 Å². The third-order valence-electron chi connectivity index (χ3n) is 4.02. The van der Waals surface area contributed by atoms with Crippen LogP contribution in [0, 0.1) is 12.8 Å². The van der Waals surface area contributed by atoms with Crippen molar-refractivity contribution in [1.29, 1.82) is 0 Å². The van der Waals surface area contributed by atoms with Gasteiger partial charge in [-0.3, -0.25) is 4.79 Å². The van der Waals surface area contributed by atoms with Crippen molar-refractivity contribution >= 4 is 22.5 Å². The molecule has 0 atom stereocenters. The first kappa shape index (κ1) is 16.5. The van der Waals surface area contributed by atoms with Gasteiger partial charge in [-0.05, 0) is 42.5 Å². The highest BCUT2D eigenvalue weighted by Gasteiger charge is 2.13. The molecule has 4 nitrogen and oxygen atoms in total. The smallest absolute Gasteiger partial charge is 0.280 e. The summed E-state index contributed by atoms with van der Waals surface area (Å²) in [7, 11) is 0. The summed E-state index contributed by atoms with van der Waals surface area (Å²) < 4.78 is 1.09. The average Bonchev–Trinajstić information content (AvgIpc) is 2.52. The number of halogens is 1. The lowest BCUT2D eigenvalue weighted by Crippen LogP contribution is -2.30. The van der Waals surface area contributed by atoms with Gasteiger partial charge in [0.05, 0.1) is 10.9 Å². The van der Waals surface area contributed by atoms with Crippen molar-refractivity contribution in [2.45, 2.75) is 27.2 Å². The molecule has 0 aliphatic heterocycles. The Morgan fingerprint density at radius 1 is 1.21 bits per heavy atom. The lowest BCUT2D eigenvalue weighted by Gasteiger charge is -2.11. The van der Waals surface area contributed by atoms with Crippen LogP contribution in [0.1, 0.15) is 25.0 Å². The largest absolute Gasteiger partial charge is 0.334 e. The van der Waals surface area contributed by atoms with Gasteiger partial charge in [0, 0.05) is 10.6 Å². The minimum Gasteiger partial charge on any atom is -0.334 e. The molecule has 1 heterocycles. The van der Waals surface area contributed by atoms with Gasteiger partial charge in [0.1, 0.15) is 0 Å². The van der Waals surface area contributed by atoms with Gasteiger partial charge in [0.15, 0.2) is 5.82 Å². The summed E-state index contributed by atoms with van der Waals surface area (Å²) in [5.74, 6) is 7.04. The summed E-state index contributed by atoms with van der Waals surface area (Å²) in [5, 5.41) is 0.937. The van der Waals surface area contributed by atoms with E-state index in [1.165, 1.54) is 5.56 Å². The van der Waals surface area contributed by atoms with Gasteiger partial charge in [-0.1, -0.05) is 49.7 Å². The van der Waals surface area contributed by atoms with E-state index in [0.717, 1.165) is 22.2 Å². The maximum Gasteiger partial charge on any atom is 0.280 e. The number of aryl methyl sites for hydroxylation is 1. The molecule has 0 radical (unpaired) electrons. The van der Waals surface area contributed by atoms with Gasteiger partial charge in [0.2, 0.25) is 0 Å². The predicted molar refractivity (Wildman–Crippen MR) is 99.9 cm³/mol. The van der Waals surface area contributed by atoms with Gasteiger partial charge < -0.3 is 5.84 Å². The average molecular weight is 342 g/mol. The Morgan fingerprint density at radius 2 is 1.88 bits per heavy atom. The number of nitrogens with zero attached hydrogens (tertiary/aromatic N) is 2. The van der Waals surface area contributed by atoms with Crippen molar-refractivity contribution < 1.29 is 0 Å². The van der Waals surface area contributed by atoms with E-state index >= 15 is 0 Å². The number of benzene rings is 2. The third kappa shape index (κ3) is 3.02. The van der Waals surface area contributed by atoms with Gasteiger partial charge >= 0.3 is 0 Å². The van der Waals surface area contributed by atoms with Crippen LogP contribution >= 0.6 is 11.6 Å². The Bertz CT molecular complexity index is 959. The van der Waals surface area contributed by atoms with E-state index in [0.29, 0.717) is 27.7 Å². The summed E-state index contributed by atoms with van der Waals surface area (Å²) in [5.41, 5.74) is 3.26. The van der Waals surface area contributed by atoms with Crippen molar-refractivity contribution in [3.63, 3.8) is 0 Å². The number of rotatable bonds is 3. The molecule has 1 aromatic heterocycles. The van der Waals surface area contributed by atoms with Crippen molar-refractivity contribution in [3.05, 3.63) is 62.9 Å². The van der Waals surface area contributed by atoms with Crippen molar-refractivity contribution in [3.8, 4) is 11.4 Å². The number of nitrogen functional groups attached to an aromatic ring is 1. The number of nitrogens with two attached hydrogens (primary N) is 1. The van der Waals surface area contributed by atoms with Crippen LogP contribution in [0.4, 0.5) is 0 Å². The number of fused-ring (bicyclic) bond motifs is 1. The quantitative estimate of drug-likeness (QED) is 0.734. The SMILES string of the molecule is Cc1cc(Cl)cc2c(=O)n(N)c(-c3ccc(CC(C)C)cc3)nc12. The molecular formula is C19H20ClN3O. The molecule has 3 aromatic rings. The Hall–Kier alpha value is -2.33. The van der Waals surface area contributed by atoms with Crippen LogP contribution in [0.25, 0.3) is 22.3 Å². The van der Waals surface area contributed by atoms with E-state index < -0.39 is 0 Å². The molecule has 2 N–H and O–H groups in total. The number of hydrogen-bond donors (Lipinski definition) is 1. The first-order valence-corrected chi connectivity index (χ1v) is 8.32. The summed E-state index contributed by atoms with van der Waals surface area (Å²) in [4.78, 5) is 17.2. The second-order valence-corrected chi connectivity index (χ2v) is 6.96. The Morgan fingerprint density at radius 3 is 2.50 bits per heavy atom. The molecule has 0 saturated carbocycles. The molecule has 0 bridgehead atoms. The van der Waals surface area contributed by atoms with Crippen molar-refractivity contribution in [1.82, 2.24) is 9.66 Å². The second-order valence-electron chi connectivity index (χ2n) is 6.52. The first-order chi connectivity index (χ1) is 11.4. The molecule has 5 heteroatoms. The topological polar surface area (TPSA) is 60.9 Å². The van der Waals surface area contributed by atoms with Gasteiger partial charge in [-0.25, -0.2) is 9.66 Å². The highest BCUT2D eigenvalue weighted by atomic mass is 35.5. The monoisotopic (exact) mass is 341 g/mol. The third-order valence-corrected chi connectivity index (χ3v) is 4.23. The molecule has 24 heavy (non-hydrogen) atoms. The van der Waals surface area contributed by atoms with Gasteiger partial charge in [-0.2, -0.15) is 0 Å². The molecule has 2 aromatic carbocycles. The molecule has 0 aliphatic carbocycles. The lowest BCUT2D eigenvalue weighted by molar-refractivity contribution is 0.647. The van der Waals surface area contributed by atoms with Crippen LogP contribution in [0.2, 0.25) is 5.02 Å². The lowest BCUT2D eigenvalue weighted by atomic mass is 10.0. The van der Waals surface area contributed by atoms with Crippen molar-refractivity contribution in [2.24, 2.45) is 5.92 Å². The minimum absolute atomic E-state index is 0.299. The van der Waals surface area contributed by atoms with Crippen LogP contribution in [0.15, 0.2) is 41.2 Å². The Kier molecular flexibility index (Phi) is 4.33. The van der Waals surface area contributed by atoms with E-state index in [-0.39, 0.29) is 5.56 Å². The first-order valence-electron chi connectivity index (χ1n) is 7.94. The number of aromatic nitrogens is 2. The standard InChI is InChI=1S/C19H20ClN3O/c1-11(2)8-13-4-6-14(7-5-13)18-22-17-12(3)9-15(20)10-16(17)19(24)23(18)21/h4-7,9-11H,8,21H2,1-3H3. The highest BCUT2D eigenvalue weighted by Crippen LogP contribution is 2.23. The van der Waals surface area contributed by atoms with E-state index in [1.54, 1.807) is 12.1 Å². The molecule has 0 amide bonds. The van der Waals surface area contributed by atoms with Gasteiger partial charge in [0.25, 0.3) is 5.56 Å². The molecule has 0 saturated heterocycles. The molecule has 0 aliphatic rings. The van der Waals surface area contributed by atoms with Crippen LogP contribution in [-0.2, 0) is 6.42 Å². The second kappa shape index (κ2) is 6.29. The van der Waals surface area contributed by atoms with Crippen LogP contribution in [0.3, 0.4) is 0 Å². The summed E-state index contributed by atoms with van der Waals surface area (Å²) in [6.45, 7) is 6.26. The summed E-state index contributed by atoms with van der Waals surface area (Å²) in [6, 6.07) is 11.4. The Labute approximate surface area is 145 Å².